The number of carbonyl (C=O) groups is 1. The summed E-state index contributed by atoms with van der Waals surface area (Å²) >= 11 is 7.21. The lowest BCUT2D eigenvalue weighted by molar-refractivity contribution is -0.118. The fourth-order valence-electron chi connectivity index (χ4n) is 2.69. The molecule has 1 aromatic carbocycles. The Morgan fingerprint density at radius 2 is 2.12 bits per heavy atom. The molecule has 0 saturated carbocycles. The maximum absolute atomic E-state index is 12.0. The number of carbonyl (C=O) groups excluding carboxylic acids is 1. The fraction of sp³-hybridized carbons (Fsp3) is 0.412. The van der Waals surface area contributed by atoms with Crippen LogP contribution < -0.4 is 5.32 Å². The molecule has 1 aliphatic rings. The molecule has 3 rings (SSSR count). The van der Waals surface area contributed by atoms with Crippen LogP contribution in [0.1, 0.15) is 32.1 Å². The minimum atomic E-state index is -0.00735. The number of halogens is 1. The number of benzene rings is 1. The molecule has 0 unspecified atom stereocenters. The number of nitrogens with zero attached hydrogens (tertiary/aromatic N) is 4. The Balaban J connectivity index is 1.47. The van der Waals surface area contributed by atoms with Crippen molar-refractivity contribution in [2.75, 3.05) is 12.3 Å². The van der Waals surface area contributed by atoms with Gasteiger partial charge in [-0.3, -0.25) is 4.79 Å². The van der Waals surface area contributed by atoms with Crippen LogP contribution in [0.4, 0.5) is 0 Å². The van der Waals surface area contributed by atoms with Crippen molar-refractivity contribution in [3.63, 3.8) is 0 Å². The summed E-state index contributed by atoms with van der Waals surface area (Å²) in [6, 6.07) is 7.22. The number of hydrogen-bond acceptors (Lipinski definition) is 5. The number of rotatable bonds is 7. The molecule has 0 atom stereocenters. The average molecular weight is 378 g/mol. The summed E-state index contributed by atoms with van der Waals surface area (Å²) in [5, 5.41) is 15.8. The second-order valence-corrected chi connectivity index (χ2v) is 7.23. The van der Waals surface area contributed by atoms with Gasteiger partial charge in [0, 0.05) is 11.6 Å². The summed E-state index contributed by atoms with van der Waals surface area (Å²) in [6.45, 7) is 0.688. The Labute approximate surface area is 156 Å². The van der Waals surface area contributed by atoms with Crippen LogP contribution in [0.3, 0.4) is 0 Å². The Bertz CT molecular complexity index is 744. The summed E-state index contributed by atoms with van der Waals surface area (Å²) in [4.78, 5) is 12.0. The van der Waals surface area contributed by atoms with E-state index in [0.29, 0.717) is 16.7 Å². The summed E-state index contributed by atoms with van der Waals surface area (Å²) in [5.41, 5.74) is 2.27. The van der Waals surface area contributed by atoms with Crippen LogP contribution in [0, 0.1) is 0 Å². The fourth-order valence-corrected chi connectivity index (χ4v) is 3.54. The van der Waals surface area contributed by atoms with Crippen molar-refractivity contribution < 1.29 is 4.79 Å². The minimum Gasteiger partial charge on any atom is -0.355 e. The first kappa shape index (κ1) is 17.9. The molecule has 1 aromatic heterocycles. The second-order valence-electron chi connectivity index (χ2n) is 5.85. The van der Waals surface area contributed by atoms with Crippen LogP contribution in [0.2, 0.25) is 5.02 Å². The van der Waals surface area contributed by atoms with E-state index in [9.17, 15) is 4.79 Å². The summed E-state index contributed by atoms with van der Waals surface area (Å²) < 4.78 is 1.60. The van der Waals surface area contributed by atoms with Gasteiger partial charge in [0.15, 0.2) is 0 Å². The third kappa shape index (κ3) is 5.31. The van der Waals surface area contributed by atoms with Crippen LogP contribution >= 0.6 is 23.4 Å². The van der Waals surface area contributed by atoms with Crippen LogP contribution in [0.5, 0.6) is 0 Å². The average Bonchev–Trinajstić information content (AvgIpc) is 3.10. The lowest BCUT2D eigenvalue weighted by Gasteiger charge is -2.12. The molecule has 0 radical (unpaired) electrons. The lowest BCUT2D eigenvalue weighted by Crippen LogP contribution is -2.26. The highest BCUT2D eigenvalue weighted by Crippen LogP contribution is 2.20. The van der Waals surface area contributed by atoms with Gasteiger partial charge in [-0.05, 0) is 66.8 Å². The topological polar surface area (TPSA) is 72.7 Å². The van der Waals surface area contributed by atoms with Crippen molar-refractivity contribution >= 4 is 29.3 Å². The first-order chi connectivity index (χ1) is 12.2. The van der Waals surface area contributed by atoms with Crippen molar-refractivity contribution in [3.8, 4) is 5.69 Å². The molecule has 0 aliphatic heterocycles. The van der Waals surface area contributed by atoms with E-state index in [2.05, 4.69) is 26.9 Å². The van der Waals surface area contributed by atoms with Gasteiger partial charge in [-0.15, -0.1) is 5.10 Å². The molecular formula is C17H20ClN5OS. The number of hydrogen-bond donors (Lipinski definition) is 1. The van der Waals surface area contributed by atoms with E-state index in [4.69, 9.17) is 11.6 Å². The van der Waals surface area contributed by atoms with E-state index in [1.807, 2.05) is 12.1 Å². The SMILES string of the molecule is O=C(CSc1nnnn1-c1ccc(Cl)cc1)NCCC1=CCCCC1. The molecule has 1 aliphatic carbocycles. The number of tetrazole rings is 1. The van der Waals surface area contributed by atoms with Gasteiger partial charge in [-0.2, -0.15) is 4.68 Å². The number of amides is 1. The maximum Gasteiger partial charge on any atom is 0.230 e. The predicted octanol–water partition coefficient (Wildman–Crippen LogP) is 3.41. The zero-order valence-corrected chi connectivity index (χ0v) is 15.4. The molecule has 0 saturated heterocycles. The van der Waals surface area contributed by atoms with Gasteiger partial charge >= 0.3 is 0 Å². The molecule has 6 nitrogen and oxygen atoms in total. The van der Waals surface area contributed by atoms with E-state index in [1.54, 1.807) is 16.8 Å². The van der Waals surface area contributed by atoms with Crippen LogP contribution in [-0.4, -0.2) is 38.4 Å². The zero-order valence-electron chi connectivity index (χ0n) is 13.8. The standard InChI is InChI=1S/C17H20ClN5OS/c18-14-6-8-15(9-7-14)23-17(20-21-22-23)25-12-16(24)19-11-10-13-4-2-1-3-5-13/h4,6-9H,1-3,5,10-12H2,(H,19,24). The van der Waals surface area contributed by atoms with E-state index in [1.165, 1.54) is 43.0 Å². The molecule has 2 aromatic rings. The van der Waals surface area contributed by atoms with Crippen molar-refractivity contribution in [1.29, 1.82) is 0 Å². The van der Waals surface area contributed by atoms with Crippen LogP contribution in [-0.2, 0) is 4.79 Å². The number of thioether (sulfide) groups is 1. The number of nitrogens with one attached hydrogen (secondary N) is 1. The smallest absolute Gasteiger partial charge is 0.230 e. The van der Waals surface area contributed by atoms with Crippen molar-refractivity contribution in [3.05, 3.63) is 40.9 Å². The van der Waals surface area contributed by atoms with Crippen molar-refractivity contribution in [2.24, 2.45) is 0 Å². The van der Waals surface area contributed by atoms with Gasteiger partial charge in [0.1, 0.15) is 0 Å². The third-order valence-electron chi connectivity index (χ3n) is 4.00. The Morgan fingerprint density at radius 1 is 1.28 bits per heavy atom. The van der Waals surface area contributed by atoms with Gasteiger partial charge < -0.3 is 5.32 Å². The highest BCUT2D eigenvalue weighted by molar-refractivity contribution is 7.99. The number of allylic oxidation sites excluding steroid dienone is 1. The Hall–Kier alpha value is -1.86. The quantitative estimate of drug-likeness (QED) is 0.591. The minimum absolute atomic E-state index is 0.00735. The summed E-state index contributed by atoms with van der Waals surface area (Å²) in [5.74, 6) is 0.277. The highest BCUT2D eigenvalue weighted by Gasteiger charge is 2.12. The van der Waals surface area contributed by atoms with Gasteiger partial charge in [-0.25, -0.2) is 0 Å². The Morgan fingerprint density at radius 3 is 2.88 bits per heavy atom. The van der Waals surface area contributed by atoms with Gasteiger partial charge in [0.2, 0.25) is 11.1 Å². The van der Waals surface area contributed by atoms with E-state index >= 15 is 0 Å². The predicted molar refractivity (Wildman–Crippen MR) is 99.1 cm³/mol. The van der Waals surface area contributed by atoms with Crippen LogP contribution in [0.15, 0.2) is 41.1 Å². The molecule has 1 N–H and O–H groups in total. The lowest BCUT2D eigenvalue weighted by atomic mass is 9.97. The largest absolute Gasteiger partial charge is 0.355 e. The van der Waals surface area contributed by atoms with E-state index < -0.39 is 0 Å². The molecule has 8 heteroatoms. The first-order valence-electron chi connectivity index (χ1n) is 8.34. The van der Waals surface area contributed by atoms with Crippen LogP contribution in [0.25, 0.3) is 5.69 Å². The summed E-state index contributed by atoms with van der Waals surface area (Å²) in [7, 11) is 0. The molecule has 25 heavy (non-hydrogen) atoms. The van der Waals surface area contributed by atoms with Gasteiger partial charge in [0.05, 0.1) is 11.4 Å². The molecule has 0 spiro atoms. The van der Waals surface area contributed by atoms with Gasteiger partial charge in [0.25, 0.3) is 0 Å². The molecule has 0 fully saturated rings. The highest BCUT2D eigenvalue weighted by atomic mass is 35.5. The second kappa shape index (κ2) is 9.01. The normalized spacial score (nSPS) is 14.2. The van der Waals surface area contributed by atoms with Crippen molar-refractivity contribution in [1.82, 2.24) is 25.5 Å². The maximum atomic E-state index is 12.0. The summed E-state index contributed by atoms with van der Waals surface area (Å²) in [6.07, 6.45) is 8.15. The Kier molecular flexibility index (Phi) is 6.47. The molecule has 0 bridgehead atoms. The first-order valence-corrected chi connectivity index (χ1v) is 9.70. The molecule has 1 heterocycles. The molecule has 132 valence electrons. The molecular weight excluding hydrogens is 358 g/mol. The third-order valence-corrected chi connectivity index (χ3v) is 5.17. The monoisotopic (exact) mass is 377 g/mol. The van der Waals surface area contributed by atoms with Crippen molar-refractivity contribution in [2.45, 2.75) is 37.3 Å². The number of aromatic nitrogens is 4. The van der Waals surface area contributed by atoms with E-state index in [0.717, 1.165) is 12.1 Å². The zero-order chi connectivity index (χ0) is 17.5. The van der Waals surface area contributed by atoms with E-state index in [-0.39, 0.29) is 11.7 Å². The van der Waals surface area contributed by atoms with Gasteiger partial charge in [-0.1, -0.05) is 35.0 Å². The molecule has 1 amide bonds.